The van der Waals surface area contributed by atoms with Gasteiger partial charge in [-0.25, -0.2) is 0 Å². The number of benzene rings is 1. The molecule has 4 heteroatoms. The summed E-state index contributed by atoms with van der Waals surface area (Å²) in [5.74, 6) is 1.37. The second kappa shape index (κ2) is 9.16. The maximum absolute atomic E-state index is 13.9. The first-order valence-electron chi connectivity index (χ1n) is 8.18. The van der Waals surface area contributed by atoms with E-state index in [2.05, 4.69) is 12.2 Å². The van der Waals surface area contributed by atoms with Crippen molar-refractivity contribution in [2.45, 2.75) is 49.8 Å². The zero-order valence-corrected chi connectivity index (χ0v) is 15.4. The van der Waals surface area contributed by atoms with Crippen LogP contribution >= 0.6 is 30.3 Å². The average molecular weight is 359 g/mol. The third kappa shape index (κ3) is 4.19. The van der Waals surface area contributed by atoms with Crippen LogP contribution in [-0.2, 0) is 4.57 Å². The van der Waals surface area contributed by atoms with Crippen LogP contribution in [0.4, 0.5) is 0 Å². The van der Waals surface area contributed by atoms with Crippen molar-refractivity contribution in [2.24, 2.45) is 0 Å². The molecule has 22 heavy (non-hydrogen) atoms. The number of hydrogen-bond acceptors (Lipinski definition) is 1. The lowest BCUT2D eigenvalue weighted by Gasteiger charge is -2.27. The standard InChI is InChI=1S/C18H25Cl2OP/c19-14-6-4-10-17-12-13-18(11-5-7-15-20)22(17,21)16-8-2-1-3-9-16/h1-3,8-9,12-13,17-18H,4-7,10-11,14-15H2/t17-,18+,22?. The first kappa shape index (κ1) is 18.1. The van der Waals surface area contributed by atoms with E-state index in [0.29, 0.717) is 11.8 Å². The van der Waals surface area contributed by atoms with Gasteiger partial charge in [0.05, 0.1) is 0 Å². The van der Waals surface area contributed by atoms with Gasteiger partial charge in [-0.2, -0.15) is 0 Å². The number of unbranched alkanes of at least 4 members (excludes halogenated alkanes) is 2. The summed E-state index contributed by atoms with van der Waals surface area (Å²) in [5.41, 5.74) is 0.359. The molecule has 1 heterocycles. The van der Waals surface area contributed by atoms with Crippen molar-refractivity contribution in [3.8, 4) is 0 Å². The van der Waals surface area contributed by atoms with Gasteiger partial charge in [0.15, 0.2) is 0 Å². The van der Waals surface area contributed by atoms with Crippen molar-refractivity contribution in [1.29, 1.82) is 0 Å². The van der Waals surface area contributed by atoms with Gasteiger partial charge in [-0.05, 0) is 25.7 Å². The van der Waals surface area contributed by atoms with Crippen LogP contribution in [0.2, 0.25) is 0 Å². The Kier molecular flexibility index (Phi) is 7.54. The van der Waals surface area contributed by atoms with Gasteiger partial charge in [-0.15, -0.1) is 23.2 Å². The molecule has 2 rings (SSSR count). The van der Waals surface area contributed by atoms with Gasteiger partial charge in [0.1, 0.15) is 7.14 Å². The molecule has 0 spiro atoms. The Labute approximate surface area is 144 Å². The predicted octanol–water partition coefficient (Wildman–Crippen LogP) is 5.80. The van der Waals surface area contributed by atoms with E-state index in [4.69, 9.17) is 23.2 Å². The molecule has 122 valence electrons. The average Bonchev–Trinajstić information content (AvgIpc) is 2.87. The SMILES string of the molecule is O=P1(c2ccccc2)[C@@H](CCCCCl)C=C[C@H]1CCCCCl. The molecule has 1 aliphatic rings. The largest absolute Gasteiger partial charge is 0.317 e. The first-order chi connectivity index (χ1) is 10.7. The molecule has 0 bridgehead atoms. The van der Waals surface area contributed by atoms with Crippen LogP contribution in [-0.4, -0.2) is 23.1 Å². The van der Waals surface area contributed by atoms with E-state index in [0.717, 1.165) is 43.8 Å². The maximum Gasteiger partial charge on any atom is 0.128 e. The van der Waals surface area contributed by atoms with Gasteiger partial charge in [0.2, 0.25) is 0 Å². The Morgan fingerprint density at radius 2 is 1.32 bits per heavy atom. The second-order valence-electron chi connectivity index (χ2n) is 5.93. The van der Waals surface area contributed by atoms with Crippen molar-refractivity contribution < 1.29 is 4.57 Å². The molecule has 0 N–H and O–H groups in total. The molecule has 0 amide bonds. The fraction of sp³-hybridized carbons (Fsp3) is 0.556. The number of alkyl halides is 2. The first-order valence-corrected chi connectivity index (χ1v) is 11.1. The van der Waals surface area contributed by atoms with E-state index < -0.39 is 7.14 Å². The Morgan fingerprint density at radius 3 is 1.77 bits per heavy atom. The van der Waals surface area contributed by atoms with Crippen LogP contribution in [0.25, 0.3) is 0 Å². The van der Waals surface area contributed by atoms with Gasteiger partial charge < -0.3 is 4.57 Å². The van der Waals surface area contributed by atoms with Crippen molar-refractivity contribution in [3.63, 3.8) is 0 Å². The Bertz CT molecular complexity index is 491. The Balaban J connectivity index is 2.17. The van der Waals surface area contributed by atoms with E-state index in [1.165, 1.54) is 0 Å². The molecule has 3 atom stereocenters. The quantitative estimate of drug-likeness (QED) is 0.236. The lowest BCUT2D eigenvalue weighted by atomic mass is 10.1. The third-order valence-electron chi connectivity index (χ3n) is 4.47. The van der Waals surface area contributed by atoms with E-state index in [1.807, 2.05) is 30.3 Å². The number of rotatable bonds is 9. The highest BCUT2D eigenvalue weighted by atomic mass is 35.5. The molecule has 1 nitrogen and oxygen atoms in total. The van der Waals surface area contributed by atoms with E-state index in [-0.39, 0.29) is 11.3 Å². The highest BCUT2D eigenvalue weighted by molar-refractivity contribution is 7.73. The number of hydrogen-bond donors (Lipinski definition) is 0. The summed E-state index contributed by atoms with van der Waals surface area (Å²) in [4.78, 5) is 0. The maximum atomic E-state index is 13.9. The van der Waals surface area contributed by atoms with Crippen molar-refractivity contribution in [3.05, 3.63) is 42.5 Å². The highest BCUT2D eigenvalue weighted by Gasteiger charge is 2.42. The molecular weight excluding hydrogens is 334 g/mol. The molecule has 1 unspecified atom stereocenters. The van der Waals surface area contributed by atoms with Gasteiger partial charge in [-0.3, -0.25) is 0 Å². The molecule has 1 aromatic carbocycles. The van der Waals surface area contributed by atoms with Crippen LogP contribution in [0.5, 0.6) is 0 Å². The summed E-state index contributed by atoms with van der Waals surface area (Å²) in [6, 6.07) is 10.1. The monoisotopic (exact) mass is 358 g/mol. The molecule has 1 aromatic rings. The Hall–Kier alpha value is -0.230. The molecule has 0 aliphatic carbocycles. The van der Waals surface area contributed by atoms with E-state index in [1.54, 1.807) is 0 Å². The smallest absolute Gasteiger partial charge is 0.128 e. The lowest BCUT2D eigenvalue weighted by molar-refractivity contribution is 0.563. The molecule has 0 saturated heterocycles. The van der Waals surface area contributed by atoms with Crippen molar-refractivity contribution in [1.82, 2.24) is 0 Å². The summed E-state index contributed by atoms with van der Waals surface area (Å²) in [6.45, 7) is 0. The van der Waals surface area contributed by atoms with Gasteiger partial charge in [0.25, 0.3) is 0 Å². The van der Waals surface area contributed by atoms with Crippen LogP contribution in [0.3, 0.4) is 0 Å². The fourth-order valence-electron chi connectivity index (χ4n) is 3.27. The highest BCUT2D eigenvalue weighted by Crippen LogP contribution is 2.61. The fourth-order valence-corrected chi connectivity index (χ4v) is 7.39. The summed E-state index contributed by atoms with van der Waals surface area (Å²) < 4.78 is 13.9. The number of allylic oxidation sites excluding steroid dienone is 2. The van der Waals surface area contributed by atoms with E-state index in [9.17, 15) is 4.57 Å². The van der Waals surface area contributed by atoms with Crippen LogP contribution < -0.4 is 5.30 Å². The topological polar surface area (TPSA) is 17.1 Å². The number of halogens is 2. The zero-order valence-electron chi connectivity index (χ0n) is 13.0. The normalized spacial score (nSPS) is 27.4. The summed E-state index contributed by atoms with van der Waals surface area (Å²) >= 11 is 11.6. The second-order valence-corrected chi connectivity index (χ2v) is 9.95. The minimum absolute atomic E-state index is 0.180. The van der Waals surface area contributed by atoms with Gasteiger partial charge >= 0.3 is 0 Å². The molecule has 1 aliphatic heterocycles. The molecule has 0 saturated carbocycles. The molecule has 0 fully saturated rings. The predicted molar refractivity (Wildman–Crippen MR) is 99.5 cm³/mol. The van der Waals surface area contributed by atoms with Crippen LogP contribution in [0, 0.1) is 0 Å². The lowest BCUT2D eigenvalue weighted by Crippen LogP contribution is -2.20. The van der Waals surface area contributed by atoms with Gasteiger partial charge in [0, 0.05) is 28.4 Å². The molecule has 0 radical (unpaired) electrons. The van der Waals surface area contributed by atoms with Crippen LogP contribution in [0.15, 0.2) is 42.5 Å². The Morgan fingerprint density at radius 1 is 0.818 bits per heavy atom. The molecule has 0 aromatic heterocycles. The van der Waals surface area contributed by atoms with Crippen molar-refractivity contribution in [2.75, 3.05) is 11.8 Å². The summed E-state index contributed by atoms with van der Waals surface area (Å²) in [7, 11) is -2.42. The minimum Gasteiger partial charge on any atom is -0.317 e. The minimum atomic E-state index is -2.42. The van der Waals surface area contributed by atoms with Crippen LogP contribution in [0.1, 0.15) is 38.5 Å². The van der Waals surface area contributed by atoms with Crippen molar-refractivity contribution >= 4 is 35.6 Å². The van der Waals surface area contributed by atoms with E-state index >= 15 is 0 Å². The zero-order chi connectivity index (χ0) is 15.8. The van der Waals surface area contributed by atoms with Gasteiger partial charge in [-0.1, -0.05) is 55.3 Å². The molecular formula is C18H25Cl2OP. The third-order valence-corrected chi connectivity index (χ3v) is 8.94. The summed E-state index contributed by atoms with van der Waals surface area (Å²) in [6.07, 6.45) is 10.4. The summed E-state index contributed by atoms with van der Waals surface area (Å²) in [5, 5.41) is 1.03.